The third kappa shape index (κ3) is 103. The van der Waals surface area contributed by atoms with Gasteiger partial charge in [0.05, 0.1) is 0 Å². The van der Waals surface area contributed by atoms with Crippen molar-refractivity contribution in [2.24, 2.45) is 26.4 Å². The van der Waals surface area contributed by atoms with E-state index in [4.69, 9.17) is 0 Å². The largest absolute Gasteiger partial charge is 0.333 e. The van der Waals surface area contributed by atoms with Crippen molar-refractivity contribution in [1.82, 2.24) is 10.6 Å². The van der Waals surface area contributed by atoms with E-state index in [2.05, 4.69) is 37.1 Å². The molecule has 0 bridgehead atoms. The maximum absolute atomic E-state index is 9.72. The Morgan fingerprint density at radius 2 is 0.763 bits per heavy atom. The van der Waals surface area contributed by atoms with Crippen LogP contribution in [-0.4, -0.2) is 99.9 Å². The Bertz CT molecular complexity index is 422. The third-order valence-corrected chi connectivity index (χ3v) is 3.87. The topological polar surface area (TPSA) is 164 Å². The van der Waals surface area contributed by atoms with Crippen LogP contribution < -0.4 is 22.1 Å². The van der Waals surface area contributed by atoms with Crippen molar-refractivity contribution in [2.45, 2.75) is 84.5 Å². The van der Waals surface area contributed by atoms with E-state index in [-0.39, 0.29) is 7.43 Å². The molecule has 0 saturated heterocycles. The molecule has 0 unspecified atom stereocenters. The predicted octanol–water partition coefficient (Wildman–Crippen LogP) is 3.55. The first kappa shape index (κ1) is 52.3. The van der Waals surface area contributed by atoms with Gasteiger partial charge < -0.3 is 51.5 Å². The van der Waals surface area contributed by atoms with Gasteiger partial charge in [0.25, 0.3) is 0 Å². The normalized spacial score (nSPS) is 9.08. The smallest absolute Gasteiger partial charge is 0.120 e. The van der Waals surface area contributed by atoms with E-state index in [0.29, 0.717) is 25.7 Å². The minimum atomic E-state index is 0. The van der Waals surface area contributed by atoms with Gasteiger partial charge in [-0.25, -0.2) is 0 Å². The highest BCUT2D eigenvalue weighted by Gasteiger charge is 1.84. The molecule has 0 aromatic carbocycles. The summed E-state index contributed by atoms with van der Waals surface area (Å²) >= 11 is 0. The molecular formula is C28H65N7O3. The average Bonchev–Trinajstić information content (AvgIpc) is 2.95. The van der Waals surface area contributed by atoms with Crippen LogP contribution >= 0.6 is 0 Å². The summed E-state index contributed by atoms with van der Waals surface area (Å²) in [4.78, 5) is 40.3. The first-order valence-corrected chi connectivity index (χ1v) is 13.1. The van der Waals surface area contributed by atoms with Crippen molar-refractivity contribution >= 4 is 37.5 Å². The van der Waals surface area contributed by atoms with Gasteiger partial charge in [0.15, 0.2) is 0 Å². The van der Waals surface area contributed by atoms with E-state index in [1.165, 1.54) is 33.4 Å². The second-order valence-electron chi connectivity index (χ2n) is 6.88. The summed E-state index contributed by atoms with van der Waals surface area (Å²) in [5.74, 6) is 0. The van der Waals surface area contributed by atoms with Gasteiger partial charge in [-0.15, -0.1) is 0 Å². The number of rotatable bonds is 18. The van der Waals surface area contributed by atoms with Crippen LogP contribution in [0.25, 0.3) is 0 Å². The Morgan fingerprint density at radius 1 is 0.500 bits per heavy atom. The summed E-state index contributed by atoms with van der Waals surface area (Å²) in [7, 11) is 12.3. The van der Waals surface area contributed by atoms with Gasteiger partial charge in [-0.3, -0.25) is 0 Å². The van der Waals surface area contributed by atoms with E-state index in [0.717, 1.165) is 64.1 Å². The van der Waals surface area contributed by atoms with Gasteiger partial charge in [0.2, 0.25) is 0 Å². The van der Waals surface area contributed by atoms with Crippen molar-refractivity contribution in [2.75, 3.05) is 62.4 Å². The van der Waals surface area contributed by atoms with Gasteiger partial charge >= 0.3 is 0 Å². The monoisotopic (exact) mass is 548 g/mol. The molecule has 10 nitrogen and oxygen atoms in total. The first-order valence-electron chi connectivity index (χ1n) is 13.1. The molecule has 0 spiro atoms. The van der Waals surface area contributed by atoms with E-state index in [1.54, 1.807) is 21.1 Å². The molecule has 6 N–H and O–H groups in total. The Kier molecular flexibility index (Phi) is 105. The number of nitrogens with one attached hydrogen (secondary N) is 2. The maximum Gasteiger partial charge on any atom is 0.120 e. The lowest BCUT2D eigenvalue weighted by atomic mass is 10.2. The van der Waals surface area contributed by atoms with Crippen LogP contribution in [0.15, 0.2) is 15.0 Å². The molecule has 0 saturated carbocycles. The lowest BCUT2D eigenvalue weighted by Crippen LogP contribution is -2.10. The number of hydrogen-bond donors (Lipinski definition) is 4. The fourth-order valence-electron chi connectivity index (χ4n) is 2.05. The molecule has 230 valence electrons. The van der Waals surface area contributed by atoms with E-state index in [9.17, 15) is 14.4 Å². The molecule has 0 rings (SSSR count). The molecular weight excluding hydrogens is 482 g/mol. The molecule has 0 aromatic heterocycles. The van der Waals surface area contributed by atoms with E-state index in [1.807, 2.05) is 32.7 Å². The number of carbonyl (C=O) groups excluding carboxylic acids is 3. The van der Waals surface area contributed by atoms with Gasteiger partial charge in [-0.1, -0.05) is 13.8 Å². The molecule has 0 atom stereocenters. The predicted molar refractivity (Wildman–Crippen MR) is 172 cm³/mol. The summed E-state index contributed by atoms with van der Waals surface area (Å²) in [5.41, 5.74) is 9.00. The molecule has 0 fully saturated rings. The van der Waals surface area contributed by atoms with E-state index >= 15 is 0 Å². The minimum absolute atomic E-state index is 0. The number of nitrogens with two attached hydrogens (primary N) is 2. The summed E-state index contributed by atoms with van der Waals surface area (Å²) in [6, 6.07) is 0. The molecule has 10 heteroatoms. The van der Waals surface area contributed by atoms with Crippen LogP contribution in [0, 0.1) is 0 Å². The maximum atomic E-state index is 9.72. The van der Waals surface area contributed by atoms with Crippen LogP contribution in [0.1, 0.15) is 84.5 Å². The van der Waals surface area contributed by atoms with Crippen LogP contribution in [0.5, 0.6) is 0 Å². The van der Waals surface area contributed by atoms with Gasteiger partial charge in [-0.05, 0) is 111 Å². The highest BCUT2D eigenvalue weighted by Crippen LogP contribution is 1.91. The molecule has 0 aromatic rings. The number of aldehydes is 3. The Labute approximate surface area is 236 Å². The quantitative estimate of drug-likeness (QED) is 0.116. The lowest BCUT2D eigenvalue weighted by molar-refractivity contribution is -0.109. The molecule has 38 heavy (non-hydrogen) atoms. The Morgan fingerprint density at radius 3 is 1.00 bits per heavy atom. The summed E-state index contributed by atoms with van der Waals surface area (Å²) < 4.78 is 0. The van der Waals surface area contributed by atoms with Crippen LogP contribution in [0.2, 0.25) is 0 Å². The SMILES string of the molecule is C.CN.CN.CN=CCCCC=NC.CN=CCCCC=O.CNCCCCCNC.O=CCCCC=O. The molecule has 0 radical (unpaired) electrons. The van der Waals surface area contributed by atoms with Gasteiger partial charge in [-0.2, -0.15) is 0 Å². The zero-order chi connectivity index (χ0) is 29.7. The molecule has 0 aliphatic carbocycles. The highest BCUT2D eigenvalue weighted by molar-refractivity contribution is 5.60. The fraction of sp³-hybridized carbons (Fsp3) is 0.786. The second-order valence-corrected chi connectivity index (χ2v) is 6.88. The standard InChI is InChI=1S/C7H18N2.C7H14N2.C6H11NO.C5H8O2.2CH5N.CH4/c2*1-8-6-4-3-5-7-9-2;1-7-5-3-2-4-6-8;6-4-2-1-3-5-7;2*1-2;/h8-9H,3-7H2,1-2H3;6-7H,3-5H2,1-2H3;5-6H,2-4H2,1H3;4-5H,1-3H2;2*2H2,1H3;1H4. The van der Waals surface area contributed by atoms with Crippen LogP contribution in [0.4, 0.5) is 0 Å². The van der Waals surface area contributed by atoms with Crippen molar-refractivity contribution in [3.8, 4) is 0 Å². The van der Waals surface area contributed by atoms with Crippen molar-refractivity contribution in [3.63, 3.8) is 0 Å². The van der Waals surface area contributed by atoms with Crippen LogP contribution in [-0.2, 0) is 14.4 Å². The number of carbonyl (C=O) groups is 3. The van der Waals surface area contributed by atoms with Gasteiger partial charge in [0, 0.05) is 40.4 Å². The second kappa shape index (κ2) is 76.5. The highest BCUT2D eigenvalue weighted by atomic mass is 16.1. The zero-order valence-corrected chi connectivity index (χ0v) is 25.1. The number of aliphatic imine (C=N–C) groups is 3. The van der Waals surface area contributed by atoms with E-state index < -0.39 is 0 Å². The van der Waals surface area contributed by atoms with Gasteiger partial charge in [0.1, 0.15) is 18.9 Å². The summed E-state index contributed by atoms with van der Waals surface area (Å²) in [6.07, 6.45) is 19.8. The molecule has 0 amide bonds. The first-order chi connectivity index (χ1) is 18.2. The number of nitrogens with zero attached hydrogens (tertiary/aromatic N) is 3. The summed E-state index contributed by atoms with van der Waals surface area (Å²) in [6.45, 7) is 2.31. The van der Waals surface area contributed by atoms with Crippen LogP contribution in [0.3, 0.4) is 0 Å². The summed E-state index contributed by atoms with van der Waals surface area (Å²) in [5, 5.41) is 6.25. The van der Waals surface area contributed by atoms with Crippen molar-refractivity contribution in [3.05, 3.63) is 0 Å². The molecule has 0 aliphatic rings. The van der Waals surface area contributed by atoms with Crippen molar-refractivity contribution in [1.29, 1.82) is 0 Å². The molecule has 0 aliphatic heterocycles. The fourth-order valence-corrected chi connectivity index (χ4v) is 2.05. The number of hydrogen-bond acceptors (Lipinski definition) is 10. The number of unbranched alkanes of at least 4 members (excludes halogenated alkanes) is 8. The Hall–Kier alpha value is -2.14. The third-order valence-electron chi connectivity index (χ3n) is 3.87. The Balaban J connectivity index is -0.0000000641. The molecule has 0 heterocycles. The van der Waals surface area contributed by atoms with Crippen molar-refractivity contribution < 1.29 is 14.4 Å². The zero-order valence-electron chi connectivity index (χ0n) is 25.1. The minimum Gasteiger partial charge on any atom is -0.333 e. The average molecular weight is 548 g/mol. The lowest BCUT2D eigenvalue weighted by Gasteiger charge is -1.98.